The second-order valence-electron chi connectivity index (χ2n) is 6.84. The van der Waals surface area contributed by atoms with Crippen LogP contribution in [-0.2, 0) is 9.09 Å². The van der Waals surface area contributed by atoms with Crippen molar-refractivity contribution in [2.75, 3.05) is 26.2 Å². The SMILES string of the molecule is [C-]#[N+]c1ccc(Oc2cc(C(C)OP(=O)(N3CC3)N3CC3)ccc2[N+](=O)[O-])cc1. The van der Waals surface area contributed by atoms with Gasteiger partial charge in [-0.1, -0.05) is 12.1 Å². The summed E-state index contributed by atoms with van der Waals surface area (Å²) in [5.74, 6) is 0.442. The highest BCUT2D eigenvalue weighted by Gasteiger charge is 2.50. The summed E-state index contributed by atoms with van der Waals surface area (Å²) >= 11 is 0. The van der Waals surface area contributed by atoms with Crippen LogP contribution in [0.4, 0.5) is 11.4 Å². The highest BCUT2D eigenvalue weighted by atomic mass is 31.2. The van der Waals surface area contributed by atoms with Crippen LogP contribution in [0.3, 0.4) is 0 Å². The smallest absolute Gasteiger partial charge is 0.346 e. The quantitative estimate of drug-likeness (QED) is 0.202. The van der Waals surface area contributed by atoms with Crippen molar-refractivity contribution in [3.05, 3.63) is 69.6 Å². The first-order valence-electron chi connectivity index (χ1n) is 9.14. The normalized spacial score (nSPS) is 17.4. The maximum absolute atomic E-state index is 13.2. The third-order valence-corrected chi connectivity index (χ3v) is 7.52. The summed E-state index contributed by atoms with van der Waals surface area (Å²) in [6, 6.07) is 10.8. The van der Waals surface area contributed by atoms with Gasteiger partial charge in [-0.15, -0.1) is 0 Å². The van der Waals surface area contributed by atoms with E-state index in [4.69, 9.17) is 15.8 Å². The summed E-state index contributed by atoms with van der Waals surface area (Å²) in [6.07, 6.45) is -0.533. The molecule has 10 heteroatoms. The molecule has 0 amide bonds. The molecule has 2 aliphatic heterocycles. The molecule has 0 aromatic heterocycles. The number of nitro benzene ring substituents is 1. The van der Waals surface area contributed by atoms with Gasteiger partial charge in [-0.2, -0.15) is 0 Å². The molecule has 0 radical (unpaired) electrons. The van der Waals surface area contributed by atoms with Gasteiger partial charge in [0, 0.05) is 32.2 Å². The van der Waals surface area contributed by atoms with Crippen LogP contribution in [0.5, 0.6) is 11.5 Å². The van der Waals surface area contributed by atoms with Crippen molar-refractivity contribution in [3.63, 3.8) is 0 Å². The molecule has 2 aromatic carbocycles. The van der Waals surface area contributed by atoms with Gasteiger partial charge in [-0.25, -0.2) is 14.2 Å². The molecule has 2 fully saturated rings. The summed E-state index contributed by atoms with van der Waals surface area (Å²) < 4.78 is 28.5. The lowest BCUT2D eigenvalue weighted by molar-refractivity contribution is -0.385. The zero-order valence-electron chi connectivity index (χ0n) is 15.7. The zero-order chi connectivity index (χ0) is 20.6. The van der Waals surface area contributed by atoms with Gasteiger partial charge in [0.15, 0.2) is 5.69 Å². The van der Waals surface area contributed by atoms with Gasteiger partial charge in [0.25, 0.3) is 0 Å². The second kappa shape index (κ2) is 7.58. The molecule has 29 heavy (non-hydrogen) atoms. The lowest BCUT2D eigenvalue weighted by Crippen LogP contribution is -2.10. The molecule has 0 spiro atoms. The highest BCUT2D eigenvalue weighted by Crippen LogP contribution is 2.63. The number of nitrogens with zero attached hydrogens (tertiary/aromatic N) is 4. The Kier molecular flexibility index (Phi) is 5.11. The van der Waals surface area contributed by atoms with E-state index < -0.39 is 18.7 Å². The monoisotopic (exact) mass is 414 g/mol. The molecule has 2 aromatic rings. The number of rotatable bonds is 8. The molecule has 2 saturated heterocycles. The van der Waals surface area contributed by atoms with Crippen LogP contribution in [0.2, 0.25) is 0 Å². The van der Waals surface area contributed by atoms with E-state index >= 15 is 0 Å². The molecular weight excluding hydrogens is 395 g/mol. The predicted octanol–water partition coefficient (Wildman–Crippen LogP) is 4.75. The van der Waals surface area contributed by atoms with Gasteiger partial charge in [0.2, 0.25) is 5.75 Å². The molecular formula is C19H19N4O5P. The molecule has 2 aliphatic rings. The minimum Gasteiger partial charge on any atom is -0.450 e. The van der Waals surface area contributed by atoms with Crippen LogP contribution < -0.4 is 4.74 Å². The summed E-state index contributed by atoms with van der Waals surface area (Å²) in [5.41, 5.74) is 0.895. The Morgan fingerprint density at radius 1 is 1.14 bits per heavy atom. The maximum Gasteiger partial charge on any atom is 0.346 e. The fourth-order valence-corrected chi connectivity index (χ4v) is 5.25. The topological polar surface area (TPSA) is 89.0 Å². The highest BCUT2D eigenvalue weighted by molar-refractivity contribution is 7.54. The molecule has 9 nitrogen and oxygen atoms in total. The van der Waals surface area contributed by atoms with Crippen molar-refractivity contribution >= 4 is 19.0 Å². The first kappa shape index (κ1) is 19.6. The van der Waals surface area contributed by atoms with Crippen molar-refractivity contribution in [1.29, 1.82) is 0 Å². The summed E-state index contributed by atoms with van der Waals surface area (Å²) in [5, 5.41) is 11.4. The summed E-state index contributed by atoms with van der Waals surface area (Å²) in [7, 11) is -3.02. The van der Waals surface area contributed by atoms with Crippen LogP contribution in [0.15, 0.2) is 42.5 Å². The van der Waals surface area contributed by atoms with E-state index in [0.717, 1.165) is 26.2 Å². The predicted molar refractivity (Wildman–Crippen MR) is 106 cm³/mol. The van der Waals surface area contributed by atoms with Gasteiger partial charge < -0.3 is 4.74 Å². The first-order chi connectivity index (χ1) is 13.9. The van der Waals surface area contributed by atoms with E-state index in [1.807, 2.05) is 9.34 Å². The number of nitro groups is 1. The van der Waals surface area contributed by atoms with Crippen LogP contribution in [0, 0.1) is 16.7 Å². The fourth-order valence-electron chi connectivity index (χ4n) is 2.91. The Bertz CT molecular complexity index is 1010. The standard InChI is InChI=1S/C19H19N4O5P/c1-14(28-29(26,21-9-10-21)22-11-12-22)15-3-8-18(23(24)25)19(13-15)27-17-6-4-16(20-2)5-7-17/h3-8,13-14H,9-12H2,1H3. The van der Waals surface area contributed by atoms with Gasteiger partial charge >= 0.3 is 13.4 Å². The molecule has 0 saturated carbocycles. The molecule has 0 aliphatic carbocycles. The van der Waals surface area contributed by atoms with Crippen LogP contribution in [0.25, 0.3) is 4.85 Å². The molecule has 1 atom stereocenters. The van der Waals surface area contributed by atoms with Crippen LogP contribution >= 0.6 is 7.67 Å². The van der Waals surface area contributed by atoms with Crippen molar-refractivity contribution < 1.29 is 18.7 Å². The summed E-state index contributed by atoms with van der Waals surface area (Å²) in [6.45, 7) is 11.7. The van der Waals surface area contributed by atoms with E-state index in [0.29, 0.717) is 17.0 Å². The number of benzene rings is 2. The second-order valence-corrected chi connectivity index (χ2v) is 9.16. The molecule has 4 rings (SSSR count). The largest absolute Gasteiger partial charge is 0.450 e. The van der Waals surface area contributed by atoms with Crippen LogP contribution in [-0.4, -0.2) is 40.4 Å². The van der Waals surface area contributed by atoms with Gasteiger partial charge in [-0.3, -0.25) is 19.2 Å². The first-order valence-corrected chi connectivity index (χ1v) is 10.7. The van der Waals surface area contributed by atoms with E-state index in [1.165, 1.54) is 6.07 Å². The lowest BCUT2D eigenvalue weighted by Gasteiger charge is -2.24. The Labute approximate surface area is 168 Å². The van der Waals surface area contributed by atoms with Crippen molar-refractivity contribution in [2.45, 2.75) is 13.0 Å². The number of ether oxygens (including phenoxy) is 1. The molecule has 1 unspecified atom stereocenters. The minimum atomic E-state index is -3.02. The maximum atomic E-state index is 13.2. The van der Waals surface area contributed by atoms with E-state index in [9.17, 15) is 14.7 Å². The molecule has 0 N–H and O–H groups in total. The Morgan fingerprint density at radius 3 is 2.28 bits per heavy atom. The molecule has 0 bridgehead atoms. The number of hydrogen-bond donors (Lipinski definition) is 0. The minimum absolute atomic E-state index is 0.0619. The summed E-state index contributed by atoms with van der Waals surface area (Å²) in [4.78, 5) is 14.2. The Balaban J connectivity index is 1.59. The van der Waals surface area contributed by atoms with Gasteiger partial charge in [0.1, 0.15) is 5.75 Å². The van der Waals surface area contributed by atoms with E-state index in [2.05, 4.69) is 4.85 Å². The lowest BCUT2D eigenvalue weighted by atomic mass is 10.1. The van der Waals surface area contributed by atoms with Crippen LogP contribution in [0.1, 0.15) is 18.6 Å². The third-order valence-electron chi connectivity index (χ3n) is 4.70. The zero-order valence-corrected chi connectivity index (χ0v) is 16.6. The fraction of sp³-hybridized carbons (Fsp3) is 0.316. The Hall–Kier alpha value is -2.76. The number of hydrogen-bond acceptors (Lipinski definition) is 5. The average Bonchev–Trinajstić information content (AvgIpc) is 3.59. The van der Waals surface area contributed by atoms with Crippen molar-refractivity contribution in [2.24, 2.45) is 0 Å². The molecule has 2 heterocycles. The van der Waals surface area contributed by atoms with Gasteiger partial charge in [0.05, 0.1) is 17.6 Å². The Morgan fingerprint density at radius 2 is 1.76 bits per heavy atom. The van der Waals surface area contributed by atoms with Crippen molar-refractivity contribution in [3.8, 4) is 11.5 Å². The molecule has 150 valence electrons. The average molecular weight is 414 g/mol. The van der Waals surface area contributed by atoms with E-state index in [-0.39, 0.29) is 11.4 Å². The van der Waals surface area contributed by atoms with Crippen molar-refractivity contribution in [1.82, 2.24) is 9.34 Å². The van der Waals surface area contributed by atoms with Gasteiger partial charge in [-0.05, 0) is 36.8 Å². The third kappa shape index (κ3) is 4.16. The van der Waals surface area contributed by atoms with E-state index in [1.54, 1.807) is 43.3 Å².